The van der Waals surface area contributed by atoms with E-state index in [1.807, 2.05) is 12.1 Å². The van der Waals surface area contributed by atoms with Gasteiger partial charge < -0.3 is 0 Å². The van der Waals surface area contributed by atoms with Gasteiger partial charge in [0.15, 0.2) is 0 Å². The van der Waals surface area contributed by atoms with E-state index >= 15 is 0 Å². The van der Waals surface area contributed by atoms with E-state index in [4.69, 9.17) is 4.84 Å². The average Bonchev–Trinajstić information content (AvgIpc) is 2.51. The van der Waals surface area contributed by atoms with E-state index in [0.29, 0.717) is 6.61 Å². The van der Waals surface area contributed by atoms with Crippen molar-refractivity contribution in [3.63, 3.8) is 0 Å². The lowest BCUT2D eigenvalue weighted by Crippen LogP contribution is -2.10. The summed E-state index contributed by atoms with van der Waals surface area (Å²) in [6.45, 7) is 2.84. The molecule has 1 heterocycles. The van der Waals surface area contributed by atoms with Crippen molar-refractivity contribution in [2.24, 2.45) is 0 Å². The number of rotatable bonds is 1. The number of thioether (sulfide) groups is 1. The van der Waals surface area contributed by atoms with Crippen molar-refractivity contribution in [3.8, 4) is 0 Å². The van der Waals surface area contributed by atoms with Gasteiger partial charge in [-0.25, -0.2) is 0 Å². The monoisotopic (exact) mass is 195 g/mol. The lowest BCUT2D eigenvalue weighted by molar-refractivity contribution is 0.130. The first-order valence-electron chi connectivity index (χ1n) is 4.27. The summed E-state index contributed by atoms with van der Waals surface area (Å²) in [6.07, 6.45) is 2.09. The van der Waals surface area contributed by atoms with E-state index in [1.54, 1.807) is 11.8 Å². The van der Waals surface area contributed by atoms with Gasteiger partial charge in [-0.3, -0.25) is 9.90 Å². The maximum Gasteiger partial charge on any atom is 0.102 e. The predicted molar refractivity (Wildman–Crippen MR) is 56.2 cm³/mol. The Hall–Kier alpha value is -0.670. The van der Waals surface area contributed by atoms with E-state index in [-0.39, 0.29) is 0 Å². The summed E-state index contributed by atoms with van der Waals surface area (Å²) < 4.78 is 0. The maximum absolute atomic E-state index is 5.47. The summed E-state index contributed by atoms with van der Waals surface area (Å²) in [5.41, 5.74) is 3.89. The molecule has 1 aromatic carbocycles. The normalized spacial score (nSPS) is 14.8. The van der Waals surface area contributed by atoms with Gasteiger partial charge in [-0.1, -0.05) is 6.07 Å². The van der Waals surface area contributed by atoms with E-state index in [0.717, 1.165) is 0 Å². The Morgan fingerprint density at radius 2 is 2.23 bits per heavy atom. The van der Waals surface area contributed by atoms with Crippen LogP contribution in [-0.4, -0.2) is 13.3 Å². The Bertz CT molecular complexity index is 338. The highest BCUT2D eigenvalue weighted by atomic mass is 32.2. The molecule has 13 heavy (non-hydrogen) atoms. The van der Waals surface area contributed by atoms with Crippen LogP contribution >= 0.6 is 11.8 Å². The summed E-state index contributed by atoms with van der Waals surface area (Å²) >= 11 is 1.76. The topological polar surface area (TPSA) is 12.5 Å². The standard InChI is InChI=1S/C10H13NOS/c1-7-4-5-9(13-3)10-8(7)6-12-11(10)2/h4-5H,6H2,1-3H3. The van der Waals surface area contributed by atoms with Crippen molar-refractivity contribution in [3.05, 3.63) is 23.3 Å². The molecule has 0 spiro atoms. The molecular formula is C10H13NOS. The fourth-order valence-corrected chi connectivity index (χ4v) is 2.28. The lowest BCUT2D eigenvalue weighted by Gasteiger charge is -2.14. The molecule has 0 unspecified atom stereocenters. The molecule has 1 aliphatic heterocycles. The minimum atomic E-state index is 0.714. The summed E-state index contributed by atoms with van der Waals surface area (Å²) in [5.74, 6) is 0. The first-order chi connectivity index (χ1) is 6.24. The fourth-order valence-electron chi connectivity index (χ4n) is 1.63. The average molecular weight is 195 g/mol. The molecule has 0 fully saturated rings. The first-order valence-corrected chi connectivity index (χ1v) is 5.49. The van der Waals surface area contributed by atoms with Gasteiger partial charge in [0.1, 0.15) is 6.61 Å². The highest BCUT2D eigenvalue weighted by Gasteiger charge is 2.21. The summed E-state index contributed by atoms with van der Waals surface area (Å²) in [4.78, 5) is 6.76. The minimum absolute atomic E-state index is 0.714. The molecule has 1 aliphatic rings. The summed E-state index contributed by atoms with van der Waals surface area (Å²) in [7, 11) is 1.96. The molecule has 0 N–H and O–H groups in total. The maximum atomic E-state index is 5.47. The van der Waals surface area contributed by atoms with Crippen LogP contribution in [0.2, 0.25) is 0 Å². The van der Waals surface area contributed by atoms with Crippen LogP contribution in [0.1, 0.15) is 11.1 Å². The molecule has 0 aromatic heterocycles. The number of hydrogen-bond donors (Lipinski definition) is 0. The van der Waals surface area contributed by atoms with Crippen molar-refractivity contribution in [1.29, 1.82) is 0 Å². The van der Waals surface area contributed by atoms with Crippen LogP contribution in [0.5, 0.6) is 0 Å². The number of aryl methyl sites for hydroxylation is 1. The summed E-state index contributed by atoms with van der Waals surface area (Å²) in [5, 5.41) is 1.87. The molecule has 0 saturated heterocycles. The largest absolute Gasteiger partial charge is 0.269 e. The van der Waals surface area contributed by atoms with Gasteiger partial charge in [-0.2, -0.15) is 0 Å². The number of anilines is 1. The molecule has 2 nitrogen and oxygen atoms in total. The number of hydroxylamine groups is 1. The third-order valence-electron chi connectivity index (χ3n) is 2.42. The second-order valence-electron chi connectivity index (χ2n) is 3.18. The Morgan fingerprint density at radius 3 is 2.92 bits per heavy atom. The van der Waals surface area contributed by atoms with Gasteiger partial charge in [-0.15, -0.1) is 11.8 Å². The molecule has 1 aromatic rings. The van der Waals surface area contributed by atoms with Crippen molar-refractivity contribution in [1.82, 2.24) is 0 Å². The highest BCUT2D eigenvalue weighted by molar-refractivity contribution is 7.98. The van der Waals surface area contributed by atoms with Gasteiger partial charge >= 0.3 is 0 Å². The molecule has 0 atom stereocenters. The molecule has 0 bridgehead atoms. The fraction of sp³-hybridized carbons (Fsp3) is 0.400. The molecule has 0 saturated carbocycles. The molecule has 0 aliphatic carbocycles. The third kappa shape index (κ3) is 1.32. The molecule has 3 heteroatoms. The van der Waals surface area contributed by atoms with Gasteiger partial charge in [0.2, 0.25) is 0 Å². The molecular weight excluding hydrogens is 182 g/mol. The van der Waals surface area contributed by atoms with Gasteiger partial charge in [-0.05, 0) is 24.8 Å². The number of fused-ring (bicyclic) bond motifs is 1. The SMILES string of the molecule is CSc1ccc(C)c2c1N(C)OC2. The number of hydrogen-bond acceptors (Lipinski definition) is 3. The quantitative estimate of drug-likeness (QED) is 0.639. The van der Waals surface area contributed by atoms with Crippen LogP contribution in [0.4, 0.5) is 5.69 Å². The van der Waals surface area contributed by atoms with Gasteiger partial charge in [0, 0.05) is 17.5 Å². The van der Waals surface area contributed by atoms with E-state index < -0.39 is 0 Å². The molecule has 2 rings (SSSR count). The van der Waals surface area contributed by atoms with Crippen LogP contribution in [0.25, 0.3) is 0 Å². The molecule has 70 valence electrons. The Morgan fingerprint density at radius 1 is 1.46 bits per heavy atom. The zero-order valence-electron chi connectivity index (χ0n) is 8.13. The van der Waals surface area contributed by atoms with E-state index in [1.165, 1.54) is 21.7 Å². The third-order valence-corrected chi connectivity index (χ3v) is 3.19. The Labute approximate surface area is 82.8 Å². The zero-order valence-corrected chi connectivity index (χ0v) is 8.94. The van der Waals surface area contributed by atoms with Crippen LogP contribution < -0.4 is 5.06 Å². The molecule has 0 radical (unpaired) electrons. The molecule has 0 amide bonds. The zero-order chi connectivity index (χ0) is 9.42. The Balaban J connectivity index is 2.60. The van der Waals surface area contributed by atoms with Crippen LogP contribution in [0.15, 0.2) is 17.0 Å². The van der Waals surface area contributed by atoms with Crippen molar-refractivity contribution >= 4 is 17.4 Å². The van der Waals surface area contributed by atoms with Crippen LogP contribution in [0, 0.1) is 6.92 Å². The lowest BCUT2D eigenvalue weighted by atomic mass is 10.1. The van der Waals surface area contributed by atoms with Gasteiger partial charge in [0.05, 0.1) is 5.69 Å². The van der Waals surface area contributed by atoms with Crippen LogP contribution in [0.3, 0.4) is 0 Å². The number of benzene rings is 1. The Kier molecular flexibility index (Phi) is 2.22. The highest BCUT2D eigenvalue weighted by Crippen LogP contribution is 2.38. The van der Waals surface area contributed by atoms with Crippen molar-refractivity contribution < 1.29 is 4.84 Å². The van der Waals surface area contributed by atoms with Gasteiger partial charge in [0.25, 0.3) is 0 Å². The minimum Gasteiger partial charge on any atom is -0.269 e. The predicted octanol–water partition coefficient (Wildman–Crippen LogP) is 2.60. The second kappa shape index (κ2) is 3.24. The summed E-state index contributed by atoms with van der Waals surface area (Å²) in [6, 6.07) is 4.32. The first kappa shape index (κ1) is 8.91. The van der Waals surface area contributed by atoms with Crippen LogP contribution in [-0.2, 0) is 11.4 Å². The second-order valence-corrected chi connectivity index (χ2v) is 4.03. The number of nitrogens with zero attached hydrogens (tertiary/aromatic N) is 1. The van der Waals surface area contributed by atoms with Crippen molar-refractivity contribution in [2.75, 3.05) is 18.4 Å². The smallest absolute Gasteiger partial charge is 0.102 e. The van der Waals surface area contributed by atoms with E-state index in [2.05, 4.69) is 25.3 Å². The van der Waals surface area contributed by atoms with Crippen molar-refractivity contribution in [2.45, 2.75) is 18.4 Å². The van der Waals surface area contributed by atoms with E-state index in [9.17, 15) is 0 Å².